The molecule has 2 amide bonds. The first-order valence-corrected chi connectivity index (χ1v) is 13.7. The Kier molecular flexibility index (Phi) is 7.22. The van der Waals surface area contributed by atoms with Crippen LogP contribution in [0.1, 0.15) is 52.2 Å². The number of hydrogen-bond acceptors (Lipinski definition) is 4. The van der Waals surface area contributed by atoms with Crippen LogP contribution in [0.4, 0.5) is 18.9 Å². The Balaban J connectivity index is 1.43. The largest absolute Gasteiger partial charge is 0.416 e. The number of nitrogens with zero attached hydrogens (tertiary/aromatic N) is 3. The highest BCUT2D eigenvalue weighted by atomic mass is 32.1. The van der Waals surface area contributed by atoms with E-state index in [4.69, 9.17) is 0 Å². The minimum Gasteiger partial charge on any atom is -0.368 e. The normalized spacial score (nSPS) is 20.2. The average molecular weight is 542 g/mol. The lowest BCUT2D eigenvalue weighted by molar-refractivity contribution is -0.137. The fourth-order valence-electron chi connectivity index (χ4n) is 5.49. The maximum Gasteiger partial charge on any atom is 0.416 e. The van der Waals surface area contributed by atoms with Crippen LogP contribution in [0.3, 0.4) is 0 Å². The van der Waals surface area contributed by atoms with Gasteiger partial charge in [-0.1, -0.05) is 44.2 Å². The maximum atomic E-state index is 14.2. The summed E-state index contributed by atoms with van der Waals surface area (Å²) in [6, 6.07) is 16.2. The Morgan fingerprint density at radius 1 is 1.00 bits per heavy atom. The molecule has 5 rings (SSSR count). The highest BCUT2D eigenvalue weighted by Crippen LogP contribution is 2.45. The molecule has 0 aliphatic carbocycles. The zero-order chi connectivity index (χ0) is 27.0. The molecule has 200 valence electrons. The van der Waals surface area contributed by atoms with E-state index in [0.29, 0.717) is 44.0 Å². The van der Waals surface area contributed by atoms with Gasteiger partial charge in [-0.25, -0.2) is 0 Å². The first-order chi connectivity index (χ1) is 18.1. The smallest absolute Gasteiger partial charge is 0.368 e. The second-order valence-corrected chi connectivity index (χ2v) is 11.2. The van der Waals surface area contributed by atoms with Gasteiger partial charge in [0.1, 0.15) is 0 Å². The number of alkyl halides is 3. The molecule has 1 saturated heterocycles. The predicted molar refractivity (Wildman–Crippen MR) is 142 cm³/mol. The van der Waals surface area contributed by atoms with Crippen molar-refractivity contribution >= 4 is 28.8 Å². The van der Waals surface area contributed by atoms with E-state index < -0.39 is 23.7 Å². The molecule has 0 bridgehead atoms. The summed E-state index contributed by atoms with van der Waals surface area (Å²) in [5.41, 5.74) is 1.12. The van der Waals surface area contributed by atoms with Crippen LogP contribution < -0.4 is 4.90 Å². The molecule has 1 fully saturated rings. The first kappa shape index (κ1) is 26.3. The van der Waals surface area contributed by atoms with Gasteiger partial charge in [-0.05, 0) is 47.2 Å². The molecule has 9 heteroatoms. The first-order valence-electron chi connectivity index (χ1n) is 12.8. The molecule has 3 heterocycles. The third-order valence-electron chi connectivity index (χ3n) is 7.23. The predicted octanol–water partition coefficient (Wildman–Crippen LogP) is 6.05. The molecule has 0 saturated carbocycles. The number of anilines is 1. The highest BCUT2D eigenvalue weighted by molar-refractivity contribution is 7.10. The molecule has 2 aliphatic heterocycles. The number of carbonyl (C=O) groups excluding carboxylic acids is 2. The molecule has 38 heavy (non-hydrogen) atoms. The van der Waals surface area contributed by atoms with Crippen LogP contribution in [0.2, 0.25) is 0 Å². The van der Waals surface area contributed by atoms with Crippen LogP contribution in [-0.4, -0.2) is 54.3 Å². The SMILES string of the molecule is CC(C)CN1C(=O)c2ccccc2[C@H](C(=O)N2CCN(c3cccc(C(F)(F)F)c3)CC2)[C@@H]1c1cccs1. The maximum absolute atomic E-state index is 14.2. The zero-order valence-corrected chi connectivity index (χ0v) is 22.1. The van der Waals surface area contributed by atoms with Crippen molar-refractivity contribution in [2.45, 2.75) is 32.0 Å². The van der Waals surface area contributed by atoms with Gasteiger partial charge in [0.2, 0.25) is 5.91 Å². The summed E-state index contributed by atoms with van der Waals surface area (Å²) in [5, 5.41) is 1.96. The van der Waals surface area contributed by atoms with Crippen molar-refractivity contribution in [3.05, 3.63) is 87.6 Å². The number of piperazine rings is 1. The molecule has 0 spiro atoms. The van der Waals surface area contributed by atoms with E-state index in [1.807, 2.05) is 45.5 Å². The number of fused-ring (bicyclic) bond motifs is 1. The summed E-state index contributed by atoms with van der Waals surface area (Å²) in [6.07, 6.45) is -4.40. The van der Waals surface area contributed by atoms with Crippen molar-refractivity contribution in [2.75, 3.05) is 37.6 Å². The van der Waals surface area contributed by atoms with E-state index in [1.165, 1.54) is 6.07 Å². The molecule has 5 nitrogen and oxygen atoms in total. The number of amides is 2. The number of hydrogen-bond donors (Lipinski definition) is 0. The van der Waals surface area contributed by atoms with E-state index in [1.54, 1.807) is 28.4 Å². The molecule has 3 aromatic rings. The van der Waals surface area contributed by atoms with Gasteiger partial charge >= 0.3 is 6.18 Å². The van der Waals surface area contributed by atoms with E-state index in [0.717, 1.165) is 22.6 Å². The third-order valence-corrected chi connectivity index (χ3v) is 8.17. The van der Waals surface area contributed by atoms with Gasteiger partial charge in [-0.2, -0.15) is 13.2 Å². The molecule has 2 aromatic carbocycles. The van der Waals surface area contributed by atoms with Crippen molar-refractivity contribution in [1.29, 1.82) is 0 Å². The average Bonchev–Trinajstić information content (AvgIpc) is 3.44. The molecular weight excluding hydrogens is 511 g/mol. The van der Waals surface area contributed by atoms with Crippen LogP contribution in [-0.2, 0) is 11.0 Å². The number of carbonyl (C=O) groups is 2. The number of halogens is 3. The lowest BCUT2D eigenvalue weighted by Crippen LogP contribution is -2.53. The third kappa shape index (κ3) is 5.04. The van der Waals surface area contributed by atoms with Gasteiger partial charge in [-0.15, -0.1) is 11.3 Å². The second kappa shape index (κ2) is 10.4. The van der Waals surface area contributed by atoms with Crippen molar-refractivity contribution in [1.82, 2.24) is 9.80 Å². The van der Waals surface area contributed by atoms with Gasteiger partial charge in [0.25, 0.3) is 5.91 Å². The van der Waals surface area contributed by atoms with E-state index in [9.17, 15) is 22.8 Å². The minimum absolute atomic E-state index is 0.0548. The molecule has 1 aromatic heterocycles. The van der Waals surface area contributed by atoms with Gasteiger partial charge in [0.15, 0.2) is 0 Å². The number of rotatable bonds is 5. The Labute approximate surface area is 224 Å². The Bertz CT molecular complexity index is 1300. The molecule has 2 aliphatic rings. The molecular formula is C29H30F3N3O2S. The van der Waals surface area contributed by atoms with Crippen LogP contribution in [0.25, 0.3) is 0 Å². The molecule has 0 radical (unpaired) electrons. The number of thiophene rings is 1. The van der Waals surface area contributed by atoms with Gasteiger partial charge < -0.3 is 14.7 Å². The lowest BCUT2D eigenvalue weighted by Gasteiger charge is -2.44. The van der Waals surface area contributed by atoms with Crippen LogP contribution in [0, 0.1) is 5.92 Å². The van der Waals surface area contributed by atoms with E-state index >= 15 is 0 Å². The lowest BCUT2D eigenvalue weighted by atomic mass is 9.80. The van der Waals surface area contributed by atoms with Gasteiger partial charge in [-0.3, -0.25) is 9.59 Å². The second-order valence-electron chi connectivity index (χ2n) is 10.2. The minimum atomic E-state index is -4.40. The highest BCUT2D eigenvalue weighted by Gasteiger charge is 2.46. The van der Waals surface area contributed by atoms with Crippen molar-refractivity contribution < 1.29 is 22.8 Å². The Hall–Kier alpha value is -3.33. The summed E-state index contributed by atoms with van der Waals surface area (Å²) >= 11 is 1.54. The van der Waals surface area contributed by atoms with Crippen molar-refractivity contribution in [3.63, 3.8) is 0 Å². The van der Waals surface area contributed by atoms with Gasteiger partial charge in [0.05, 0.1) is 17.5 Å². The van der Waals surface area contributed by atoms with Gasteiger partial charge in [0, 0.05) is 48.9 Å². The summed E-state index contributed by atoms with van der Waals surface area (Å²) in [5.74, 6) is -0.452. The fourth-order valence-corrected chi connectivity index (χ4v) is 6.36. The summed E-state index contributed by atoms with van der Waals surface area (Å²) in [4.78, 5) is 34.3. The summed E-state index contributed by atoms with van der Waals surface area (Å²) < 4.78 is 39.7. The summed E-state index contributed by atoms with van der Waals surface area (Å²) in [7, 11) is 0. The number of benzene rings is 2. The Morgan fingerprint density at radius 2 is 1.74 bits per heavy atom. The molecule has 0 N–H and O–H groups in total. The standard InChI is InChI=1S/C29H30F3N3O2S/c1-19(2)18-35-26(24-11-6-16-38-24)25(22-9-3-4-10-23(22)27(35)36)28(37)34-14-12-33(13-15-34)21-8-5-7-20(17-21)29(30,31)32/h3-11,16-17,19,25-26H,12-15,18H2,1-2H3/t25-,26-/m0/s1. The Morgan fingerprint density at radius 3 is 2.39 bits per heavy atom. The van der Waals surface area contributed by atoms with Crippen molar-refractivity contribution in [2.24, 2.45) is 5.92 Å². The fraction of sp³-hybridized carbons (Fsp3) is 0.379. The topological polar surface area (TPSA) is 43.9 Å². The van der Waals surface area contributed by atoms with E-state index in [2.05, 4.69) is 13.8 Å². The molecule has 2 atom stereocenters. The van der Waals surface area contributed by atoms with Crippen molar-refractivity contribution in [3.8, 4) is 0 Å². The van der Waals surface area contributed by atoms with Crippen LogP contribution in [0.15, 0.2) is 66.0 Å². The monoisotopic (exact) mass is 541 g/mol. The summed E-state index contributed by atoms with van der Waals surface area (Å²) in [6.45, 7) is 6.29. The van der Waals surface area contributed by atoms with Crippen LogP contribution >= 0.6 is 11.3 Å². The van der Waals surface area contributed by atoms with Crippen LogP contribution in [0.5, 0.6) is 0 Å². The zero-order valence-electron chi connectivity index (χ0n) is 21.3. The quantitative estimate of drug-likeness (QED) is 0.395. The van der Waals surface area contributed by atoms with E-state index in [-0.39, 0.29) is 17.7 Å². The molecule has 0 unspecified atom stereocenters.